The van der Waals surface area contributed by atoms with E-state index >= 15 is 0 Å². The van der Waals surface area contributed by atoms with Crippen LogP contribution in [0.25, 0.3) is 0 Å². The van der Waals surface area contributed by atoms with Gasteiger partial charge in [-0.05, 0) is 90.3 Å². The summed E-state index contributed by atoms with van der Waals surface area (Å²) < 4.78 is 5.88. The quantitative estimate of drug-likeness (QED) is 0.329. The lowest BCUT2D eigenvalue weighted by Gasteiger charge is -2.68. The summed E-state index contributed by atoms with van der Waals surface area (Å²) in [7, 11) is 0. The van der Waals surface area contributed by atoms with Gasteiger partial charge in [-0.1, -0.05) is 76.2 Å². The summed E-state index contributed by atoms with van der Waals surface area (Å²) in [5.74, 6) is 1.64. The third kappa shape index (κ3) is 5.41. The zero-order valence-electron chi connectivity index (χ0n) is 28.3. The van der Waals surface area contributed by atoms with Gasteiger partial charge in [-0.2, -0.15) is 0 Å². The largest absolute Gasteiger partial charge is 0.393 e. The van der Waals surface area contributed by atoms with Crippen molar-refractivity contribution in [3.8, 4) is 0 Å². The van der Waals surface area contributed by atoms with Gasteiger partial charge in [0.25, 0.3) is 0 Å². The number of ketones is 2. The Morgan fingerprint density at radius 3 is 2.15 bits per heavy atom. The third-order valence-electron chi connectivity index (χ3n) is 13.2. The first kappa shape index (κ1) is 33.1. The number of carbonyl (C=O) groups is 2. The minimum atomic E-state index is -0.817. The molecule has 5 heteroatoms. The van der Waals surface area contributed by atoms with Crippen molar-refractivity contribution in [2.45, 2.75) is 128 Å². The highest BCUT2D eigenvalue weighted by Gasteiger charge is 2.71. The number of carbonyl (C=O) groups excluding carboxylic acids is 2. The highest BCUT2D eigenvalue weighted by molar-refractivity contribution is 5.92. The summed E-state index contributed by atoms with van der Waals surface area (Å²) in [4.78, 5) is 29.2. The number of aliphatic hydroxyl groups is 2. The molecule has 236 valence electrons. The van der Waals surface area contributed by atoms with E-state index in [4.69, 9.17) is 4.74 Å². The maximum Gasteiger partial charge on any atom is 0.154 e. The topological polar surface area (TPSA) is 83.8 Å². The Labute approximate surface area is 251 Å². The van der Waals surface area contributed by atoms with E-state index in [-0.39, 0.29) is 63.5 Å². The van der Waals surface area contributed by atoms with Crippen molar-refractivity contribution in [3.63, 3.8) is 0 Å². The molecule has 0 spiro atoms. The Morgan fingerprint density at radius 2 is 1.61 bits per heavy atom. The van der Waals surface area contributed by atoms with Gasteiger partial charge in [0.2, 0.25) is 0 Å². The first-order valence-electron chi connectivity index (χ1n) is 16.7. The van der Waals surface area contributed by atoms with Gasteiger partial charge >= 0.3 is 0 Å². The average molecular weight is 575 g/mol. The Kier molecular flexibility index (Phi) is 8.87. The minimum Gasteiger partial charge on any atom is -0.393 e. The van der Waals surface area contributed by atoms with Crippen LogP contribution in [0.1, 0.15) is 115 Å². The minimum absolute atomic E-state index is 0.0164. The first-order valence-corrected chi connectivity index (χ1v) is 16.7. The van der Waals surface area contributed by atoms with E-state index in [0.717, 1.165) is 25.7 Å². The summed E-state index contributed by atoms with van der Waals surface area (Å²) in [6.07, 6.45) is 2.95. The van der Waals surface area contributed by atoms with Crippen molar-refractivity contribution in [1.82, 2.24) is 0 Å². The molecule has 0 aromatic heterocycles. The smallest absolute Gasteiger partial charge is 0.154 e. The van der Waals surface area contributed by atoms with Crippen LogP contribution in [0.2, 0.25) is 0 Å². The molecule has 14 unspecified atom stereocenters. The molecule has 4 aliphatic rings. The highest BCUT2D eigenvalue weighted by atomic mass is 16.6. The van der Waals surface area contributed by atoms with Crippen molar-refractivity contribution in [2.75, 3.05) is 6.61 Å². The molecule has 5 nitrogen and oxygen atoms in total. The van der Waals surface area contributed by atoms with E-state index in [0.29, 0.717) is 36.6 Å². The molecule has 0 aliphatic heterocycles. The molecule has 0 bridgehead atoms. The summed E-state index contributed by atoms with van der Waals surface area (Å²) in [5, 5.41) is 21.6. The van der Waals surface area contributed by atoms with Crippen molar-refractivity contribution < 1.29 is 24.5 Å². The zero-order valence-corrected chi connectivity index (χ0v) is 28.3. The van der Waals surface area contributed by atoms with Gasteiger partial charge < -0.3 is 14.9 Å². The number of ether oxygens (including phenoxy) is 1. The molecule has 4 saturated carbocycles. The molecule has 2 N–H and O–H groups in total. The lowest BCUT2D eigenvalue weighted by atomic mass is 9.34. The second-order valence-electron chi connectivity index (χ2n) is 17.8. The molecule has 4 rings (SSSR count). The fourth-order valence-electron chi connectivity index (χ4n) is 11.3. The summed E-state index contributed by atoms with van der Waals surface area (Å²) >= 11 is 0. The summed E-state index contributed by atoms with van der Waals surface area (Å²) in [6, 6.07) is 0. The molecule has 4 fully saturated rings. The normalized spacial score (nSPS) is 48.3. The predicted molar refractivity (Wildman–Crippen MR) is 164 cm³/mol. The number of rotatable bonds is 6. The SMILES string of the molecule is CC(C)C1CC(CC(O)OCC(C)(C)C)C(C)C2C(=O)C3C(C)C4(C)C(=O)C(C(C)O)C(C)CC4(C)CC3(C)CC12. The Balaban J connectivity index is 1.69. The van der Waals surface area contributed by atoms with Crippen molar-refractivity contribution in [3.05, 3.63) is 0 Å². The fourth-order valence-corrected chi connectivity index (χ4v) is 11.3. The number of fused-ring (bicyclic) bond motifs is 3. The number of hydrogen-bond donors (Lipinski definition) is 2. The maximum absolute atomic E-state index is 14.9. The van der Waals surface area contributed by atoms with E-state index in [1.54, 1.807) is 6.92 Å². The van der Waals surface area contributed by atoms with Crippen LogP contribution in [0.5, 0.6) is 0 Å². The first-order chi connectivity index (χ1) is 18.7. The second-order valence-corrected chi connectivity index (χ2v) is 17.8. The Bertz CT molecular complexity index is 996. The van der Waals surface area contributed by atoms with Gasteiger partial charge in [0.05, 0.1) is 12.7 Å². The molecule has 0 radical (unpaired) electrons. The molecular weight excluding hydrogens is 512 g/mol. The molecule has 0 aromatic rings. The van der Waals surface area contributed by atoms with E-state index in [1.807, 2.05) is 0 Å². The standard InChI is InChI=1S/C36H62O5/c1-19(2)25-13-24(14-27(38)41-18-33(7,8)9)21(4)29-26(25)16-34(10)17-35(11)15-20(3)28(23(6)37)32(40)36(35,12)22(5)30(34)31(29)39/h19-30,37-38H,13-18H2,1-12H3. The molecule has 0 saturated heterocycles. The molecule has 14 atom stereocenters. The van der Waals surface area contributed by atoms with Crippen LogP contribution in [-0.2, 0) is 14.3 Å². The van der Waals surface area contributed by atoms with Gasteiger partial charge in [-0.25, -0.2) is 0 Å². The average Bonchev–Trinajstić information content (AvgIpc) is 2.80. The van der Waals surface area contributed by atoms with E-state index in [9.17, 15) is 19.8 Å². The number of hydrogen-bond acceptors (Lipinski definition) is 5. The lowest BCUT2D eigenvalue weighted by molar-refractivity contribution is -0.209. The van der Waals surface area contributed by atoms with Crippen LogP contribution >= 0.6 is 0 Å². The van der Waals surface area contributed by atoms with Crippen LogP contribution < -0.4 is 0 Å². The predicted octanol–water partition coefficient (Wildman–Crippen LogP) is 7.17. The van der Waals surface area contributed by atoms with E-state index in [2.05, 4.69) is 76.2 Å². The van der Waals surface area contributed by atoms with Crippen LogP contribution in [0.3, 0.4) is 0 Å². The maximum atomic E-state index is 14.9. The summed E-state index contributed by atoms with van der Waals surface area (Å²) in [5.41, 5.74) is -0.993. The second kappa shape index (κ2) is 11.0. The van der Waals surface area contributed by atoms with Crippen LogP contribution in [0.15, 0.2) is 0 Å². The van der Waals surface area contributed by atoms with Crippen molar-refractivity contribution in [2.24, 2.45) is 80.8 Å². The van der Waals surface area contributed by atoms with Crippen LogP contribution in [-0.4, -0.2) is 40.8 Å². The van der Waals surface area contributed by atoms with Gasteiger partial charge in [0, 0.05) is 29.6 Å². The van der Waals surface area contributed by atoms with E-state index in [1.165, 1.54) is 0 Å². The molecule has 0 aromatic carbocycles. The molecule has 41 heavy (non-hydrogen) atoms. The van der Waals surface area contributed by atoms with Crippen LogP contribution in [0, 0.1) is 80.8 Å². The molecule has 0 heterocycles. The van der Waals surface area contributed by atoms with E-state index < -0.39 is 17.8 Å². The molecule has 0 amide bonds. The van der Waals surface area contributed by atoms with Crippen LogP contribution in [0.4, 0.5) is 0 Å². The number of Topliss-reactive ketones (excluding diaryl/α,β-unsaturated/α-hetero) is 2. The van der Waals surface area contributed by atoms with Gasteiger partial charge in [-0.15, -0.1) is 0 Å². The lowest BCUT2D eigenvalue weighted by Crippen LogP contribution is -2.69. The van der Waals surface area contributed by atoms with Gasteiger partial charge in [0.1, 0.15) is 11.6 Å². The van der Waals surface area contributed by atoms with Gasteiger partial charge in [0.15, 0.2) is 6.29 Å². The Morgan fingerprint density at radius 1 is 1.00 bits per heavy atom. The molecule has 4 aliphatic carbocycles. The monoisotopic (exact) mass is 574 g/mol. The summed E-state index contributed by atoms with van der Waals surface area (Å²) in [6.45, 7) is 26.6. The van der Waals surface area contributed by atoms with Gasteiger partial charge in [-0.3, -0.25) is 9.59 Å². The third-order valence-corrected chi connectivity index (χ3v) is 13.2. The fraction of sp³-hybridized carbons (Fsp3) is 0.944. The van der Waals surface area contributed by atoms with Crippen molar-refractivity contribution >= 4 is 11.6 Å². The highest BCUT2D eigenvalue weighted by Crippen LogP contribution is 2.71. The Hall–Kier alpha value is -0.780. The zero-order chi connectivity index (χ0) is 31.0. The van der Waals surface area contributed by atoms with Crippen molar-refractivity contribution in [1.29, 1.82) is 0 Å². The number of aliphatic hydroxyl groups excluding tert-OH is 2. The molecular formula is C36H62O5.